The molecule has 1 atom stereocenters. The number of hydrogen-bond acceptors (Lipinski definition) is 5. The average Bonchev–Trinajstić information content (AvgIpc) is 3.01. The van der Waals surface area contributed by atoms with Crippen molar-refractivity contribution in [2.24, 2.45) is 0 Å². The number of carbonyl (C=O) groups excluding carboxylic acids is 1. The Kier molecular flexibility index (Phi) is 6.13. The quantitative estimate of drug-likeness (QED) is 0.649. The molecule has 0 radical (unpaired) electrons. The van der Waals surface area contributed by atoms with Gasteiger partial charge in [0.15, 0.2) is 0 Å². The van der Waals surface area contributed by atoms with Crippen molar-refractivity contribution in [3.63, 3.8) is 0 Å². The van der Waals surface area contributed by atoms with Crippen LogP contribution in [-0.2, 0) is 31.4 Å². The Morgan fingerprint density at radius 3 is 2.41 bits per heavy atom. The van der Waals surface area contributed by atoms with Gasteiger partial charge in [0.05, 0.1) is 19.8 Å². The fourth-order valence-corrected chi connectivity index (χ4v) is 4.16. The highest BCUT2D eigenvalue weighted by Gasteiger charge is 2.32. The van der Waals surface area contributed by atoms with Crippen LogP contribution >= 0.6 is 0 Å². The predicted molar refractivity (Wildman–Crippen MR) is 102 cm³/mol. The van der Waals surface area contributed by atoms with Crippen molar-refractivity contribution in [2.75, 3.05) is 13.7 Å². The van der Waals surface area contributed by atoms with Crippen LogP contribution in [0.2, 0.25) is 0 Å². The molecule has 1 saturated heterocycles. The number of methoxy groups -OCH3 is 1. The molecule has 27 heavy (non-hydrogen) atoms. The minimum Gasteiger partial charge on any atom is -0.497 e. The van der Waals surface area contributed by atoms with Crippen LogP contribution in [0.4, 0.5) is 0 Å². The Bertz CT molecular complexity index is 865. The number of amides is 1. The fourth-order valence-electron chi connectivity index (χ4n) is 3.11. The maximum Gasteiger partial charge on any atom is 0.271 e. The van der Waals surface area contributed by atoms with Gasteiger partial charge in [-0.1, -0.05) is 42.5 Å². The Hall–Kier alpha value is -2.38. The molecule has 144 valence electrons. The van der Waals surface area contributed by atoms with E-state index in [0.29, 0.717) is 24.9 Å². The summed E-state index contributed by atoms with van der Waals surface area (Å²) in [7, 11) is -2.10. The van der Waals surface area contributed by atoms with Gasteiger partial charge in [-0.25, -0.2) is 0 Å². The van der Waals surface area contributed by atoms with Crippen molar-refractivity contribution in [1.82, 2.24) is 4.90 Å². The van der Waals surface area contributed by atoms with Crippen LogP contribution in [0, 0.1) is 0 Å². The second-order valence-corrected chi connectivity index (χ2v) is 8.17. The van der Waals surface area contributed by atoms with Gasteiger partial charge in [-0.2, -0.15) is 8.42 Å². The first-order valence-corrected chi connectivity index (χ1v) is 10.4. The van der Waals surface area contributed by atoms with Crippen molar-refractivity contribution < 1.29 is 22.1 Å². The zero-order valence-corrected chi connectivity index (χ0v) is 16.0. The summed E-state index contributed by atoms with van der Waals surface area (Å²) < 4.78 is 34.8. The van der Waals surface area contributed by atoms with E-state index in [1.165, 1.54) is 0 Å². The van der Waals surface area contributed by atoms with Gasteiger partial charge in [0.25, 0.3) is 10.1 Å². The summed E-state index contributed by atoms with van der Waals surface area (Å²) in [6.07, 6.45) is 0.999. The minimum atomic E-state index is -3.70. The van der Waals surface area contributed by atoms with Crippen LogP contribution < -0.4 is 4.74 Å². The Labute approximate surface area is 159 Å². The van der Waals surface area contributed by atoms with Crippen LogP contribution in [0.1, 0.15) is 24.0 Å². The number of likely N-dealkylation sites (tertiary alicyclic amines) is 1. The molecule has 1 heterocycles. The van der Waals surface area contributed by atoms with Gasteiger partial charge in [-0.3, -0.25) is 8.98 Å². The van der Waals surface area contributed by atoms with E-state index in [0.717, 1.165) is 11.3 Å². The highest BCUT2D eigenvalue weighted by molar-refractivity contribution is 7.85. The number of ether oxygens (including phenoxy) is 1. The molecule has 0 spiro atoms. The van der Waals surface area contributed by atoms with E-state index in [1.54, 1.807) is 36.3 Å². The SMILES string of the molecule is COc1ccc(CN2C(=O)CCC2COS(=O)(=O)Cc2ccccc2)cc1. The molecule has 0 N–H and O–H groups in total. The number of benzene rings is 2. The van der Waals surface area contributed by atoms with Gasteiger partial charge >= 0.3 is 0 Å². The average molecular weight is 389 g/mol. The summed E-state index contributed by atoms with van der Waals surface area (Å²) in [4.78, 5) is 13.9. The van der Waals surface area contributed by atoms with Crippen molar-refractivity contribution in [3.05, 3.63) is 65.7 Å². The van der Waals surface area contributed by atoms with E-state index in [9.17, 15) is 13.2 Å². The van der Waals surface area contributed by atoms with Crippen molar-refractivity contribution in [1.29, 1.82) is 0 Å². The summed E-state index contributed by atoms with van der Waals surface area (Å²) in [6, 6.07) is 16.1. The molecule has 1 aliphatic heterocycles. The molecule has 1 unspecified atom stereocenters. The Morgan fingerprint density at radius 1 is 1.04 bits per heavy atom. The lowest BCUT2D eigenvalue weighted by atomic mass is 10.2. The van der Waals surface area contributed by atoms with Gasteiger partial charge in [-0.15, -0.1) is 0 Å². The maximum absolute atomic E-state index is 12.2. The van der Waals surface area contributed by atoms with Gasteiger partial charge in [0.1, 0.15) is 11.5 Å². The van der Waals surface area contributed by atoms with Gasteiger partial charge in [0.2, 0.25) is 5.91 Å². The third kappa shape index (κ3) is 5.30. The summed E-state index contributed by atoms with van der Waals surface area (Å²) >= 11 is 0. The molecular formula is C20H23NO5S. The molecule has 2 aromatic rings. The lowest BCUT2D eigenvalue weighted by Crippen LogP contribution is -2.36. The molecule has 0 bridgehead atoms. The largest absolute Gasteiger partial charge is 0.497 e. The van der Waals surface area contributed by atoms with Crippen molar-refractivity contribution >= 4 is 16.0 Å². The topological polar surface area (TPSA) is 72.9 Å². The third-order valence-electron chi connectivity index (χ3n) is 4.59. The van der Waals surface area contributed by atoms with Crippen LogP contribution in [0.5, 0.6) is 5.75 Å². The number of carbonyl (C=O) groups is 1. The summed E-state index contributed by atoms with van der Waals surface area (Å²) in [5, 5.41) is 0. The number of nitrogens with zero attached hydrogens (tertiary/aromatic N) is 1. The highest BCUT2D eigenvalue weighted by atomic mass is 32.2. The molecule has 2 aromatic carbocycles. The molecule has 1 amide bonds. The van der Waals surface area contributed by atoms with Gasteiger partial charge < -0.3 is 9.64 Å². The zero-order chi connectivity index (χ0) is 19.3. The van der Waals surface area contributed by atoms with Crippen LogP contribution in [0.3, 0.4) is 0 Å². The highest BCUT2D eigenvalue weighted by Crippen LogP contribution is 2.23. The van der Waals surface area contributed by atoms with Gasteiger partial charge in [-0.05, 0) is 29.7 Å². The van der Waals surface area contributed by atoms with E-state index >= 15 is 0 Å². The lowest BCUT2D eigenvalue weighted by molar-refractivity contribution is -0.129. The van der Waals surface area contributed by atoms with E-state index in [-0.39, 0.29) is 24.3 Å². The van der Waals surface area contributed by atoms with Crippen LogP contribution in [-0.4, -0.2) is 39.0 Å². The normalized spacial score (nSPS) is 17.3. The van der Waals surface area contributed by atoms with Crippen LogP contribution in [0.15, 0.2) is 54.6 Å². The molecule has 3 rings (SSSR count). The minimum absolute atomic E-state index is 0.0138. The van der Waals surface area contributed by atoms with Crippen molar-refractivity contribution in [2.45, 2.75) is 31.2 Å². The fraction of sp³-hybridized carbons (Fsp3) is 0.350. The molecule has 0 aromatic heterocycles. The Balaban J connectivity index is 1.60. The third-order valence-corrected chi connectivity index (χ3v) is 5.77. The van der Waals surface area contributed by atoms with E-state index < -0.39 is 10.1 Å². The molecule has 0 saturated carbocycles. The van der Waals surface area contributed by atoms with E-state index in [4.69, 9.17) is 8.92 Å². The lowest BCUT2D eigenvalue weighted by Gasteiger charge is -2.24. The number of hydrogen-bond donors (Lipinski definition) is 0. The summed E-state index contributed by atoms with van der Waals surface area (Å²) in [5.41, 5.74) is 1.64. The standard InChI is InChI=1S/C20H23NO5S/c1-25-19-10-7-16(8-11-19)13-21-18(9-12-20(21)22)14-26-27(23,24)15-17-5-3-2-4-6-17/h2-8,10-11,18H,9,12-15H2,1H3. The van der Waals surface area contributed by atoms with Crippen molar-refractivity contribution in [3.8, 4) is 5.75 Å². The van der Waals surface area contributed by atoms with E-state index in [2.05, 4.69) is 0 Å². The Morgan fingerprint density at radius 2 is 1.74 bits per heavy atom. The van der Waals surface area contributed by atoms with E-state index in [1.807, 2.05) is 30.3 Å². The molecule has 1 aliphatic rings. The van der Waals surface area contributed by atoms with Gasteiger partial charge in [0, 0.05) is 13.0 Å². The predicted octanol–water partition coefficient (Wildman–Crippen LogP) is 2.73. The number of rotatable bonds is 8. The van der Waals surface area contributed by atoms with Crippen LogP contribution in [0.25, 0.3) is 0 Å². The first-order valence-electron chi connectivity index (χ1n) is 8.80. The smallest absolute Gasteiger partial charge is 0.271 e. The molecule has 1 fully saturated rings. The molecular weight excluding hydrogens is 366 g/mol. The summed E-state index contributed by atoms with van der Waals surface area (Å²) in [5.74, 6) is 0.589. The summed E-state index contributed by atoms with van der Waals surface area (Å²) in [6.45, 7) is 0.409. The molecule has 0 aliphatic carbocycles. The maximum atomic E-state index is 12.2. The monoisotopic (exact) mass is 389 g/mol. The second kappa shape index (κ2) is 8.54. The zero-order valence-electron chi connectivity index (χ0n) is 15.2. The first kappa shape index (κ1) is 19.4. The molecule has 6 nitrogen and oxygen atoms in total. The molecule has 7 heteroatoms. The second-order valence-electron chi connectivity index (χ2n) is 6.53. The first-order chi connectivity index (χ1) is 13.0.